The molecule has 0 saturated carbocycles. The van der Waals surface area contributed by atoms with E-state index in [1.54, 1.807) is 24.4 Å². The predicted octanol–water partition coefficient (Wildman–Crippen LogP) is 3.08. The third-order valence-electron chi connectivity index (χ3n) is 3.06. The topological polar surface area (TPSA) is 78.7 Å². The Kier molecular flexibility index (Phi) is 5.98. The van der Waals surface area contributed by atoms with Gasteiger partial charge in [0.15, 0.2) is 0 Å². The molecule has 0 unspecified atom stereocenters. The van der Waals surface area contributed by atoms with Crippen molar-refractivity contribution in [2.45, 2.75) is 24.7 Å². The smallest absolute Gasteiger partial charge is 0.350 e. The van der Waals surface area contributed by atoms with Gasteiger partial charge in [-0.2, -0.15) is 18.4 Å². The van der Waals surface area contributed by atoms with Gasteiger partial charge in [0.25, 0.3) is 0 Å². The standard InChI is InChI=1S/C16H13F3N4OS/c1-10-6-13(16(17,18)19)12(7-20)15(23-10)25-9-14(24)22-8-11-4-2-3-5-21-11/h2-6H,8-9H2,1H3,(H,22,24). The van der Waals surface area contributed by atoms with Gasteiger partial charge in [-0.3, -0.25) is 9.78 Å². The van der Waals surface area contributed by atoms with Crippen LogP contribution in [-0.4, -0.2) is 21.6 Å². The molecule has 0 saturated heterocycles. The zero-order valence-corrected chi connectivity index (χ0v) is 13.9. The van der Waals surface area contributed by atoms with Gasteiger partial charge in [0, 0.05) is 11.9 Å². The van der Waals surface area contributed by atoms with Gasteiger partial charge in [-0.15, -0.1) is 0 Å². The number of pyridine rings is 2. The van der Waals surface area contributed by atoms with E-state index in [0.29, 0.717) is 5.69 Å². The van der Waals surface area contributed by atoms with E-state index in [9.17, 15) is 18.0 Å². The number of nitrogens with one attached hydrogen (secondary N) is 1. The fraction of sp³-hybridized carbons (Fsp3) is 0.250. The molecule has 2 aromatic rings. The molecule has 2 rings (SSSR count). The van der Waals surface area contributed by atoms with Crippen LogP contribution in [0.5, 0.6) is 0 Å². The Morgan fingerprint density at radius 3 is 2.76 bits per heavy atom. The predicted molar refractivity (Wildman–Crippen MR) is 85.5 cm³/mol. The van der Waals surface area contributed by atoms with Gasteiger partial charge in [-0.05, 0) is 25.1 Å². The highest BCUT2D eigenvalue weighted by molar-refractivity contribution is 8.00. The maximum Gasteiger partial charge on any atom is 0.417 e. The van der Waals surface area contributed by atoms with Gasteiger partial charge in [-0.1, -0.05) is 17.8 Å². The fourth-order valence-corrected chi connectivity index (χ4v) is 2.84. The summed E-state index contributed by atoms with van der Waals surface area (Å²) in [6.45, 7) is 1.61. The number of carbonyl (C=O) groups is 1. The largest absolute Gasteiger partial charge is 0.417 e. The Morgan fingerprint density at radius 1 is 1.40 bits per heavy atom. The maximum absolute atomic E-state index is 13.0. The van der Waals surface area contributed by atoms with Crippen molar-refractivity contribution in [2.75, 3.05) is 5.75 Å². The first-order chi connectivity index (χ1) is 11.8. The average molecular weight is 366 g/mol. The van der Waals surface area contributed by atoms with Crippen molar-refractivity contribution in [3.8, 4) is 6.07 Å². The third-order valence-corrected chi connectivity index (χ3v) is 4.04. The van der Waals surface area contributed by atoms with E-state index in [1.165, 1.54) is 13.0 Å². The minimum Gasteiger partial charge on any atom is -0.350 e. The molecule has 2 aromatic heterocycles. The van der Waals surface area contributed by atoms with Crippen LogP contribution in [-0.2, 0) is 17.5 Å². The average Bonchev–Trinajstić information content (AvgIpc) is 2.57. The molecule has 130 valence electrons. The second kappa shape index (κ2) is 7.98. The van der Waals surface area contributed by atoms with Crippen LogP contribution in [0.2, 0.25) is 0 Å². The van der Waals surface area contributed by atoms with Gasteiger partial charge in [0.1, 0.15) is 11.1 Å². The highest BCUT2D eigenvalue weighted by Crippen LogP contribution is 2.35. The van der Waals surface area contributed by atoms with Gasteiger partial charge >= 0.3 is 6.18 Å². The Morgan fingerprint density at radius 2 is 2.16 bits per heavy atom. The SMILES string of the molecule is Cc1cc(C(F)(F)F)c(C#N)c(SCC(=O)NCc2ccccn2)n1. The molecular weight excluding hydrogens is 353 g/mol. The lowest BCUT2D eigenvalue weighted by molar-refractivity contribution is -0.138. The van der Waals surface area contributed by atoms with E-state index < -0.39 is 23.2 Å². The normalized spacial score (nSPS) is 11.0. The summed E-state index contributed by atoms with van der Waals surface area (Å²) in [6.07, 6.45) is -3.07. The molecule has 1 amide bonds. The Bertz CT molecular complexity index is 804. The van der Waals surface area contributed by atoms with Crippen molar-refractivity contribution < 1.29 is 18.0 Å². The number of thioether (sulfide) groups is 1. The molecule has 0 radical (unpaired) electrons. The van der Waals surface area contributed by atoms with Gasteiger partial charge in [-0.25, -0.2) is 4.98 Å². The minimum atomic E-state index is -4.66. The molecule has 0 fully saturated rings. The van der Waals surface area contributed by atoms with Gasteiger partial charge < -0.3 is 5.32 Å². The first kappa shape index (κ1) is 18.7. The van der Waals surface area contributed by atoms with Crippen molar-refractivity contribution in [1.29, 1.82) is 5.26 Å². The summed E-state index contributed by atoms with van der Waals surface area (Å²) in [7, 11) is 0. The number of alkyl halides is 3. The number of carbonyl (C=O) groups excluding carboxylic acids is 1. The Balaban J connectivity index is 2.06. The number of nitrogens with zero attached hydrogens (tertiary/aromatic N) is 3. The van der Waals surface area contributed by atoms with Gasteiger partial charge in [0.05, 0.1) is 29.1 Å². The highest BCUT2D eigenvalue weighted by atomic mass is 32.2. The van der Waals surface area contributed by atoms with Crippen LogP contribution in [0.3, 0.4) is 0 Å². The number of hydrogen-bond acceptors (Lipinski definition) is 5. The lowest BCUT2D eigenvalue weighted by Crippen LogP contribution is -2.25. The molecule has 0 aromatic carbocycles. The van der Waals surface area contributed by atoms with Crippen molar-refractivity contribution in [1.82, 2.24) is 15.3 Å². The number of amides is 1. The first-order valence-corrected chi connectivity index (χ1v) is 8.08. The van der Waals surface area contributed by atoms with Crippen molar-refractivity contribution >= 4 is 17.7 Å². The quantitative estimate of drug-likeness (QED) is 0.823. The van der Waals surface area contributed by atoms with Gasteiger partial charge in [0.2, 0.25) is 5.91 Å². The maximum atomic E-state index is 13.0. The zero-order valence-electron chi connectivity index (χ0n) is 13.1. The summed E-state index contributed by atoms with van der Waals surface area (Å²) in [4.78, 5) is 19.9. The van der Waals surface area contributed by atoms with E-state index >= 15 is 0 Å². The fourth-order valence-electron chi connectivity index (χ4n) is 1.96. The molecule has 9 heteroatoms. The molecule has 0 aliphatic heterocycles. The molecule has 5 nitrogen and oxygen atoms in total. The van der Waals surface area contributed by atoms with Crippen molar-refractivity contribution in [3.05, 3.63) is 53.0 Å². The summed E-state index contributed by atoms with van der Waals surface area (Å²) >= 11 is 0.793. The summed E-state index contributed by atoms with van der Waals surface area (Å²) in [5, 5.41) is 11.6. The van der Waals surface area contributed by atoms with E-state index in [4.69, 9.17) is 5.26 Å². The van der Waals surface area contributed by atoms with E-state index in [1.807, 2.05) is 0 Å². The van der Waals surface area contributed by atoms with Crippen LogP contribution in [0.15, 0.2) is 35.5 Å². The highest BCUT2D eigenvalue weighted by Gasteiger charge is 2.35. The Labute approximate surface area is 146 Å². The first-order valence-electron chi connectivity index (χ1n) is 7.09. The Hall–Kier alpha value is -2.60. The summed E-state index contributed by atoms with van der Waals surface area (Å²) < 4.78 is 39.1. The zero-order chi connectivity index (χ0) is 18.4. The molecule has 1 N–H and O–H groups in total. The lowest BCUT2D eigenvalue weighted by atomic mass is 10.1. The molecule has 0 spiro atoms. The van der Waals surface area contributed by atoms with E-state index in [-0.39, 0.29) is 23.0 Å². The molecule has 2 heterocycles. The second-order valence-electron chi connectivity index (χ2n) is 4.99. The minimum absolute atomic E-state index is 0.109. The van der Waals surface area contributed by atoms with Crippen LogP contribution >= 0.6 is 11.8 Å². The number of aryl methyl sites for hydroxylation is 1. The molecule has 0 bridgehead atoms. The number of halogens is 3. The van der Waals surface area contributed by atoms with Crippen LogP contribution in [0, 0.1) is 18.3 Å². The number of rotatable bonds is 5. The van der Waals surface area contributed by atoms with E-state index in [0.717, 1.165) is 17.8 Å². The lowest BCUT2D eigenvalue weighted by Gasteiger charge is -2.12. The summed E-state index contributed by atoms with van der Waals surface area (Å²) in [5.41, 5.74) is -0.825. The summed E-state index contributed by atoms with van der Waals surface area (Å²) in [6, 6.07) is 7.61. The van der Waals surface area contributed by atoms with Crippen molar-refractivity contribution in [2.24, 2.45) is 0 Å². The molecule has 25 heavy (non-hydrogen) atoms. The van der Waals surface area contributed by atoms with Crippen molar-refractivity contribution in [3.63, 3.8) is 0 Å². The van der Waals surface area contributed by atoms with Crippen LogP contribution in [0.4, 0.5) is 13.2 Å². The van der Waals surface area contributed by atoms with E-state index in [2.05, 4.69) is 15.3 Å². The molecule has 0 aliphatic rings. The molecule has 0 aliphatic carbocycles. The van der Waals surface area contributed by atoms with Crippen LogP contribution in [0.25, 0.3) is 0 Å². The molecule has 0 atom stereocenters. The number of aromatic nitrogens is 2. The van der Waals surface area contributed by atoms with Crippen LogP contribution < -0.4 is 5.32 Å². The second-order valence-corrected chi connectivity index (χ2v) is 5.95. The van der Waals surface area contributed by atoms with Crippen LogP contribution in [0.1, 0.15) is 22.5 Å². The molecular formula is C16H13F3N4OS. The number of hydrogen-bond donors (Lipinski definition) is 1. The summed E-state index contributed by atoms with van der Waals surface area (Å²) in [5.74, 6) is -0.550. The monoisotopic (exact) mass is 366 g/mol. The number of nitriles is 1. The third kappa shape index (κ3) is 5.19.